The third-order valence-electron chi connectivity index (χ3n) is 1.04. The Balaban J connectivity index is 3.62. The molecule has 0 aromatic rings. The van der Waals surface area contributed by atoms with Gasteiger partial charge in [-0.1, -0.05) is 0 Å². The van der Waals surface area contributed by atoms with Crippen LogP contribution in [0.5, 0.6) is 0 Å². The van der Waals surface area contributed by atoms with Crippen LogP contribution in [0.3, 0.4) is 0 Å². The molecule has 0 aromatic heterocycles. The Labute approximate surface area is 79.0 Å². The van der Waals surface area contributed by atoms with E-state index in [1.54, 1.807) is 0 Å². The zero-order valence-corrected chi connectivity index (χ0v) is 9.32. The summed E-state index contributed by atoms with van der Waals surface area (Å²) >= 11 is 2.42. The fraction of sp³-hybridized carbons (Fsp3) is 1.00. The quantitative estimate of drug-likeness (QED) is 0.447. The normalized spacial score (nSPS) is 13.2. The maximum Gasteiger partial charge on any atom is 0.264 e. The monoisotopic (exact) mass is 280 g/mol. The van der Waals surface area contributed by atoms with Gasteiger partial charge in [-0.2, -0.15) is 8.42 Å². The number of halogens is 1. The van der Waals surface area contributed by atoms with Crippen molar-refractivity contribution in [2.75, 3.05) is 11.5 Å². The Hall–Kier alpha value is 0.340. The minimum Gasteiger partial charge on any atom is -0.286 e. The van der Waals surface area contributed by atoms with E-state index in [2.05, 4.69) is 14.8 Å². The molecular formula is C4H9BrO5S2. The van der Waals surface area contributed by atoms with E-state index in [9.17, 15) is 16.8 Å². The Morgan fingerprint density at radius 2 is 1.42 bits per heavy atom. The molecule has 0 aliphatic heterocycles. The molecule has 0 spiro atoms. The molecule has 0 atom stereocenters. The van der Waals surface area contributed by atoms with Gasteiger partial charge in [0.15, 0.2) is 0 Å². The van der Waals surface area contributed by atoms with Crippen molar-refractivity contribution in [2.24, 2.45) is 0 Å². The molecular weight excluding hydrogens is 272 g/mol. The van der Waals surface area contributed by atoms with Crippen LogP contribution < -0.4 is 0 Å². The highest BCUT2D eigenvalue weighted by atomic mass is 79.9. The third-order valence-corrected chi connectivity index (χ3v) is 3.59. The molecule has 0 amide bonds. The summed E-state index contributed by atoms with van der Waals surface area (Å²) in [6.07, 6.45) is 0.358. The van der Waals surface area contributed by atoms with Crippen molar-refractivity contribution in [1.29, 1.82) is 0 Å². The fourth-order valence-corrected chi connectivity index (χ4v) is 2.36. The van der Waals surface area contributed by atoms with Crippen molar-refractivity contribution < 1.29 is 21.4 Å². The molecule has 12 heavy (non-hydrogen) atoms. The van der Waals surface area contributed by atoms with Gasteiger partial charge in [0.1, 0.15) is 0 Å². The van der Waals surface area contributed by atoms with Crippen LogP contribution in [0, 0.1) is 0 Å². The molecule has 0 rings (SSSR count). The van der Waals surface area contributed by atoms with Crippen molar-refractivity contribution in [1.82, 2.24) is 0 Å². The highest BCUT2D eigenvalue weighted by Gasteiger charge is 2.07. The molecule has 0 unspecified atom stereocenters. The van der Waals surface area contributed by atoms with E-state index in [1.807, 2.05) is 0 Å². The van der Waals surface area contributed by atoms with E-state index < -0.39 is 24.1 Å². The second-order valence-corrected chi connectivity index (χ2v) is 8.25. The first-order chi connectivity index (χ1) is 5.21. The Bertz CT molecular complexity index is 281. The summed E-state index contributed by atoms with van der Waals surface area (Å²) in [4.78, 5) is 0. The molecule has 0 radical (unpaired) electrons. The number of hydrogen-bond acceptors (Lipinski definition) is 4. The molecule has 0 fully saturated rings. The summed E-state index contributed by atoms with van der Waals surface area (Å²) in [6, 6.07) is 0. The van der Waals surface area contributed by atoms with Crippen LogP contribution in [0.1, 0.15) is 12.8 Å². The second kappa shape index (κ2) is 4.54. The fourth-order valence-electron chi connectivity index (χ4n) is 0.559. The molecule has 0 saturated carbocycles. The van der Waals surface area contributed by atoms with Crippen LogP contribution in [0.2, 0.25) is 0 Å². The van der Waals surface area contributed by atoms with Gasteiger partial charge in [-0.15, -0.1) is 0 Å². The zero-order chi connectivity index (χ0) is 9.83. The van der Waals surface area contributed by atoms with Gasteiger partial charge in [0.2, 0.25) is 8.27 Å². The molecule has 0 heterocycles. The summed E-state index contributed by atoms with van der Waals surface area (Å²) in [7, 11) is -7.16. The number of hydrogen-bond donors (Lipinski definition) is 1. The van der Waals surface area contributed by atoms with E-state index in [-0.39, 0.29) is 18.6 Å². The van der Waals surface area contributed by atoms with Crippen molar-refractivity contribution in [3.05, 3.63) is 0 Å². The topological polar surface area (TPSA) is 88.5 Å². The summed E-state index contributed by atoms with van der Waals surface area (Å²) in [5.74, 6) is -0.516. The standard InChI is InChI=1S/C4H9BrO5S2/c5-11(6,7)3-1-2-4-12(8,9)10/h1-4H2,(H,8,9,10). The maximum atomic E-state index is 10.5. The number of unbranched alkanes of at least 4 members (excludes halogenated alkanes) is 1. The van der Waals surface area contributed by atoms with E-state index >= 15 is 0 Å². The molecule has 0 saturated heterocycles. The predicted molar refractivity (Wildman–Crippen MR) is 48.4 cm³/mol. The summed E-state index contributed by atoms with van der Waals surface area (Å²) < 4.78 is 49.5. The Morgan fingerprint density at radius 3 is 1.75 bits per heavy atom. The highest BCUT2D eigenvalue weighted by Crippen LogP contribution is 2.04. The smallest absolute Gasteiger partial charge is 0.264 e. The van der Waals surface area contributed by atoms with Gasteiger partial charge < -0.3 is 0 Å². The van der Waals surface area contributed by atoms with E-state index in [0.29, 0.717) is 0 Å². The van der Waals surface area contributed by atoms with Gasteiger partial charge in [0.25, 0.3) is 10.1 Å². The van der Waals surface area contributed by atoms with E-state index in [1.165, 1.54) is 0 Å². The van der Waals surface area contributed by atoms with E-state index in [0.717, 1.165) is 0 Å². The minimum absolute atomic E-state index is 0.123. The summed E-state index contributed by atoms with van der Waals surface area (Å²) in [5, 5.41) is 0. The summed E-state index contributed by atoms with van der Waals surface area (Å²) in [6.45, 7) is 0. The van der Waals surface area contributed by atoms with Crippen LogP contribution in [-0.2, 0) is 18.4 Å². The van der Waals surface area contributed by atoms with Crippen LogP contribution in [-0.4, -0.2) is 32.9 Å². The van der Waals surface area contributed by atoms with Gasteiger partial charge in [-0.3, -0.25) is 4.55 Å². The van der Waals surface area contributed by atoms with E-state index in [4.69, 9.17) is 4.55 Å². The van der Waals surface area contributed by atoms with Gasteiger partial charge in [0, 0.05) is 0 Å². The molecule has 0 aromatic carbocycles. The first kappa shape index (κ1) is 12.3. The van der Waals surface area contributed by atoms with Crippen LogP contribution >= 0.6 is 14.8 Å². The Kier molecular flexibility index (Phi) is 4.67. The number of rotatable bonds is 5. The molecule has 0 bridgehead atoms. The molecule has 74 valence electrons. The Morgan fingerprint density at radius 1 is 1.00 bits per heavy atom. The molecule has 8 heteroatoms. The lowest BCUT2D eigenvalue weighted by Crippen LogP contribution is -2.05. The van der Waals surface area contributed by atoms with Crippen LogP contribution in [0.4, 0.5) is 0 Å². The largest absolute Gasteiger partial charge is 0.286 e. The lowest BCUT2D eigenvalue weighted by atomic mass is 10.4. The molecule has 0 aliphatic carbocycles. The van der Waals surface area contributed by atoms with Crippen molar-refractivity contribution in [3.63, 3.8) is 0 Å². The summed E-state index contributed by atoms with van der Waals surface area (Å²) in [5.41, 5.74) is 0. The SMILES string of the molecule is O=S(=O)(O)CCCCS(=O)(=O)Br. The van der Waals surface area contributed by atoms with Gasteiger partial charge in [-0.05, 0) is 12.8 Å². The second-order valence-electron chi connectivity index (χ2n) is 2.24. The van der Waals surface area contributed by atoms with Crippen molar-refractivity contribution in [3.8, 4) is 0 Å². The average Bonchev–Trinajstić information content (AvgIpc) is 1.76. The molecule has 5 nitrogen and oxygen atoms in total. The maximum absolute atomic E-state index is 10.5. The zero-order valence-electron chi connectivity index (χ0n) is 6.10. The van der Waals surface area contributed by atoms with Crippen LogP contribution in [0.25, 0.3) is 0 Å². The van der Waals surface area contributed by atoms with Gasteiger partial charge >= 0.3 is 0 Å². The molecule has 1 N–H and O–H groups in total. The highest BCUT2D eigenvalue weighted by molar-refractivity contribution is 9.47. The minimum atomic E-state index is -3.95. The predicted octanol–water partition coefficient (Wildman–Crippen LogP) is 0.379. The van der Waals surface area contributed by atoms with Gasteiger partial charge in [-0.25, -0.2) is 8.42 Å². The molecule has 0 aliphatic rings. The first-order valence-corrected chi connectivity index (χ1v) is 8.19. The first-order valence-electron chi connectivity index (χ1n) is 3.08. The third kappa shape index (κ3) is 10.3. The average molecular weight is 281 g/mol. The lowest BCUT2D eigenvalue weighted by Gasteiger charge is -1.95. The van der Waals surface area contributed by atoms with Crippen LogP contribution in [0.15, 0.2) is 0 Å². The van der Waals surface area contributed by atoms with Crippen molar-refractivity contribution >= 4 is 33.2 Å². The van der Waals surface area contributed by atoms with Gasteiger partial charge in [0.05, 0.1) is 26.3 Å². The lowest BCUT2D eigenvalue weighted by molar-refractivity contribution is 0.480. The van der Waals surface area contributed by atoms with Crippen molar-refractivity contribution in [2.45, 2.75) is 12.8 Å².